The third kappa shape index (κ3) is 2.08. The van der Waals surface area contributed by atoms with Crippen LogP contribution in [0.25, 0.3) is 0 Å². The summed E-state index contributed by atoms with van der Waals surface area (Å²) in [5, 5.41) is 9.49. The minimum atomic E-state index is 0.163. The van der Waals surface area contributed by atoms with E-state index in [-0.39, 0.29) is 5.75 Å². The topological polar surface area (TPSA) is 58.3 Å². The van der Waals surface area contributed by atoms with Crippen molar-refractivity contribution in [1.82, 2.24) is 5.43 Å². The van der Waals surface area contributed by atoms with E-state index in [4.69, 9.17) is 22.6 Å². The maximum atomic E-state index is 8.97. The summed E-state index contributed by atoms with van der Waals surface area (Å²) in [4.78, 5) is 0. The van der Waals surface area contributed by atoms with Crippen LogP contribution in [0, 0.1) is 0 Å². The van der Waals surface area contributed by atoms with Gasteiger partial charge in [-0.15, -0.1) is 0 Å². The van der Waals surface area contributed by atoms with E-state index in [1.165, 1.54) is 6.07 Å². The number of nitrogens with two attached hydrogens (primary N) is 1. The average molecular weight is 173 g/mol. The van der Waals surface area contributed by atoms with E-state index in [1.807, 2.05) is 0 Å². The smallest absolute Gasteiger partial charge is 0.117 e. The van der Waals surface area contributed by atoms with Crippen LogP contribution in [0.5, 0.6) is 5.75 Å². The highest BCUT2D eigenvalue weighted by molar-refractivity contribution is 6.31. The molecule has 0 atom stereocenters. The van der Waals surface area contributed by atoms with Gasteiger partial charge in [0.25, 0.3) is 0 Å². The first-order valence-corrected chi connectivity index (χ1v) is 3.52. The Morgan fingerprint density at radius 2 is 2.27 bits per heavy atom. The zero-order valence-corrected chi connectivity index (χ0v) is 6.60. The Hall–Kier alpha value is -0.770. The van der Waals surface area contributed by atoms with Crippen LogP contribution >= 0.6 is 11.6 Å². The fourth-order valence-electron chi connectivity index (χ4n) is 0.790. The van der Waals surface area contributed by atoms with Crippen LogP contribution in [-0.4, -0.2) is 5.11 Å². The molecule has 0 bridgehead atoms. The molecule has 0 aliphatic carbocycles. The van der Waals surface area contributed by atoms with E-state index >= 15 is 0 Å². The molecule has 0 radical (unpaired) electrons. The predicted octanol–water partition coefficient (Wildman–Crippen LogP) is 1.01. The molecule has 1 rings (SSSR count). The number of nitrogens with one attached hydrogen (secondary N) is 1. The lowest BCUT2D eigenvalue weighted by atomic mass is 10.2. The summed E-state index contributed by atoms with van der Waals surface area (Å²) >= 11 is 5.75. The van der Waals surface area contributed by atoms with Crippen molar-refractivity contribution < 1.29 is 5.11 Å². The lowest BCUT2D eigenvalue weighted by Gasteiger charge is -2.02. The Bertz CT molecular complexity index is 252. The first-order valence-electron chi connectivity index (χ1n) is 3.15. The van der Waals surface area contributed by atoms with Crippen molar-refractivity contribution in [3.05, 3.63) is 28.8 Å². The lowest BCUT2D eigenvalue weighted by Crippen LogP contribution is -2.20. The van der Waals surface area contributed by atoms with Gasteiger partial charge in [-0.25, -0.2) is 0 Å². The highest BCUT2D eigenvalue weighted by Gasteiger charge is 1.98. The van der Waals surface area contributed by atoms with Gasteiger partial charge in [-0.05, 0) is 17.7 Å². The molecule has 1 aromatic rings. The quantitative estimate of drug-likeness (QED) is 0.461. The maximum absolute atomic E-state index is 8.97. The van der Waals surface area contributed by atoms with E-state index in [0.717, 1.165) is 5.56 Å². The minimum Gasteiger partial charge on any atom is -0.508 e. The number of halogens is 1. The van der Waals surface area contributed by atoms with Crippen LogP contribution in [0.4, 0.5) is 0 Å². The van der Waals surface area contributed by atoms with Gasteiger partial charge in [-0.2, -0.15) is 0 Å². The van der Waals surface area contributed by atoms with Gasteiger partial charge in [0, 0.05) is 11.6 Å². The Balaban J connectivity index is 2.90. The number of hydrogen-bond acceptors (Lipinski definition) is 3. The number of hydrazine groups is 1. The lowest BCUT2D eigenvalue weighted by molar-refractivity contribution is 0.475. The second-order valence-corrected chi connectivity index (χ2v) is 2.56. The molecular formula is C7H9ClN2O. The van der Waals surface area contributed by atoms with Gasteiger partial charge in [-0.3, -0.25) is 11.3 Å². The summed E-state index contributed by atoms with van der Waals surface area (Å²) in [5.41, 5.74) is 3.35. The van der Waals surface area contributed by atoms with Gasteiger partial charge in [0.1, 0.15) is 5.75 Å². The number of phenolic OH excluding ortho intramolecular Hbond substituents is 1. The summed E-state index contributed by atoms with van der Waals surface area (Å²) in [6.07, 6.45) is 0. The fraction of sp³-hybridized carbons (Fsp3) is 0.143. The maximum Gasteiger partial charge on any atom is 0.117 e. The van der Waals surface area contributed by atoms with E-state index in [1.54, 1.807) is 12.1 Å². The van der Waals surface area contributed by atoms with E-state index in [2.05, 4.69) is 5.43 Å². The third-order valence-corrected chi connectivity index (χ3v) is 1.68. The summed E-state index contributed by atoms with van der Waals surface area (Å²) in [7, 11) is 0. The van der Waals surface area contributed by atoms with E-state index in [0.29, 0.717) is 11.6 Å². The monoisotopic (exact) mass is 172 g/mol. The summed E-state index contributed by atoms with van der Waals surface area (Å²) in [5.74, 6) is 5.26. The summed E-state index contributed by atoms with van der Waals surface area (Å²) in [6, 6.07) is 4.77. The van der Waals surface area contributed by atoms with Crippen molar-refractivity contribution in [3.63, 3.8) is 0 Å². The standard InChI is InChI=1S/C7H9ClN2O/c8-7-3-6(11)2-1-5(7)4-10-9/h1-3,10-11H,4,9H2. The van der Waals surface area contributed by atoms with Crippen molar-refractivity contribution in [2.24, 2.45) is 5.84 Å². The molecule has 0 aliphatic heterocycles. The third-order valence-electron chi connectivity index (χ3n) is 1.33. The second kappa shape index (κ2) is 3.57. The first-order chi connectivity index (χ1) is 5.24. The number of phenols is 1. The largest absolute Gasteiger partial charge is 0.508 e. The molecule has 0 aliphatic rings. The Morgan fingerprint density at radius 3 is 2.82 bits per heavy atom. The molecular weight excluding hydrogens is 164 g/mol. The zero-order chi connectivity index (χ0) is 8.27. The molecule has 0 heterocycles. The summed E-state index contributed by atoms with van der Waals surface area (Å²) in [6.45, 7) is 0.499. The normalized spacial score (nSPS) is 10.0. The second-order valence-electron chi connectivity index (χ2n) is 2.16. The van der Waals surface area contributed by atoms with Crippen molar-refractivity contribution in [1.29, 1.82) is 0 Å². The van der Waals surface area contributed by atoms with Crippen LogP contribution in [0.2, 0.25) is 5.02 Å². The molecule has 1 aromatic carbocycles. The zero-order valence-electron chi connectivity index (χ0n) is 5.84. The Morgan fingerprint density at radius 1 is 1.55 bits per heavy atom. The highest BCUT2D eigenvalue weighted by Crippen LogP contribution is 2.20. The van der Waals surface area contributed by atoms with Gasteiger partial charge >= 0.3 is 0 Å². The van der Waals surface area contributed by atoms with Crippen LogP contribution < -0.4 is 11.3 Å². The predicted molar refractivity (Wildman–Crippen MR) is 44.1 cm³/mol. The van der Waals surface area contributed by atoms with Gasteiger partial charge < -0.3 is 5.11 Å². The van der Waals surface area contributed by atoms with Crippen molar-refractivity contribution in [2.45, 2.75) is 6.54 Å². The average Bonchev–Trinajstić information content (AvgIpc) is 1.95. The summed E-state index contributed by atoms with van der Waals surface area (Å²) < 4.78 is 0. The highest BCUT2D eigenvalue weighted by atomic mass is 35.5. The van der Waals surface area contributed by atoms with Crippen molar-refractivity contribution >= 4 is 11.6 Å². The molecule has 11 heavy (non-hydrogen) atoms. The molecule has 3 nitrogen and oxygen atoms in total. The fourth-order valence-corrected chi connectivity index (χ4v) is 1.03. The number of rotatable bonds is 2. The Labute approximate surface area is 69.8 Å². The molecule has 0 amide bonds. The van der Waals surface area contributed by atoms with Gasteiger partial charge in [0.05, 0.1) is 0 Å². The first kappa shape index (κ1) is 8.33. The molecule has 0 unspecified atom stereocenters. The van der Waals surface area contributed by atoms with Gasteiger partial charge in [0.2, 0.25) is 0 Å². The molecule has 0 saturated heterocycles. The van der Waals surface area contributed by atoms with Crippen LogP contribution in [0.15, 0.2) is 18.2 Å². The van der Waals surface area contributed by atoms with Crippen molar-refractivity contribution in [2.75, 3.05) is 0 Å². The van der Waals surface area contributed by atoms with Crippen LogP contribution in [0.1, 0.15) is 5.56 Å². The van der Waals surface area contributed by atoms with Gasteiger partial charge in [0.15, 0.2) is 0 Å². The number of hydrogen-bond donors (Lipinski definition) is 3. The SMILES string of the molecule is NNCc1ccc(O)cc1Cl. The number of benzene rings is 1. The van der Waals surface area contributed by atoms with E-state index < -0.39 is 0 Å². The van der Waals surface area contributed by atoms with Gasteiger partial charge in [-0.1, -0.05) is 17.7 Å². The number of aromatic hydroxyl groups is 1. The minimum absolute atomic E-state index is 0.163. The van der Waals surface area contributed by atoms with Crippen molar-refractivity contribution in [3.8, 4) is 5.75 Å². The molecule has 0 saturated carbocycles. The molecule has 4 heteroatoms. The Kier molecular flexibility index (Phi) is 2.70. The van der Waals surface area contributed by atoms with E-state index in [9.17, 15) is 0 Å². The van der Waals surface area contributed by atoms with Crippen LogP contribution in [0.3, 0.4) is 0 Å². The molecule has 0 fully saturated rings. The molecule has 0 spiro atoms. The van der Waals surface area contributed by atoms with Crippen LogP contribution in [-0.2, 0) is 6.54 Å². The molecule has 4 N–H and O–H groups in total. The molecule has 60 valence electrons. The molecule has 0 aromatic heterocycles.